The van der Waals surface area contributed by atoms with Gasteiger partial charge in [-0.25, -0.2) is 4.39 Å². The molecule has 0 heterocycles. The van der Waals surface area contributed by atoms with E-state index in [-0.39, 0.29) is 23.8 Å². The molecule has 0 N–H and O–H groups in total. The summed E-state index contributed by atoms with van der Waals surface area (Å²) in [6.45, 7) is 7.49. The monoisotopic (exact) mass is 212 g/mol. The minimum absolute atomic E-state index is 0.00122. The quantitative estimate of drug-likeness (QED) is 0.761. The minimum atomic E-state index is -0.387. The fourth-order valence-electron chi connectivity index (χ4n) is 1.19. The maximum atomic E-state index is 13.5. The molecule has 0 fully saturated rings. The Bertz CT molecular complexity index is 321. The van der Waals surface area contributed by atoms with E-state index in [1.54, 1.807) is 12.1 Å². The van der Waals surface area contributed by atoms with E-state index in [2.05, 4.69) is 0 Å². The first-order chi connectivity index (χ1) is 7.00. The highest BCUT2D eigenvalue weighted by Crippen LogP contribution is 2.31. The lowest BCUT2D eigenvalue weighted by molar-refractivity contribution is 0.191. The molecular weight excluding hydrogens is 195 g/mol. The Morgan fingerprint density at radius 2 is 1.60 bits per heavy atom. The average Bonchev–Trinajstić information content (AvgIpc) is 2.09. The fourth-order valence-corrected chi connectivity index (χ4v) is 1.19. The summed E-state index contributed by atoms with van der Waals surface area (Å²) in [5.41, 5.74) is 0. The topological polar surface area (TPSA) is 18.5 Å². The molecule has 0 radical (unpaired) electrons. The van der Waals surface area contributed by atoms with Crippen molar-refractivity contribution < 1.29 is 13.9 Å². The van der Waals surface area contributed by atoms with E-state index in [0.717, 1.165) is 0 Å². The van der Waals surface area contributed by atoms with Gasteiger partial charge in [-0.15, -0.1) is 0 Å². The zero-order valence-corrected chi connectivity index (χ0v) is 9.58. The van der Waals surface area contributed by atoms with Gasteiger partial charge in [-0.2, -0.15) is 0 Å². The smallest absolute Gasteiger partial charge is 0.197 e. The zero-order chi connectivity index (χ0) is 11.4. The summed E-state index contributed by atoms with van der Waals surface area (Å²) >= 11 is 0. The normalized spacial score (nSPS) is 10.9. The second-order valence-corrected chi connectivity index (χ2v) is 3.90. The third kappa shape index (κ3) is 3.42. The van der Waals surface area contributed by atoms with Gasteiger partial charge in [0.25, 0.3) is 0 Å². The highest BCUT2D eigenvalue weighted by molar-refractivity contribution is 5.41. The van der Waals surface area contributed by atoms with E-state index >= 15 is 0 Å². The number of para-hydroxylation sites is 1. The van der Waals surface area contributed by atoms with Crippen LogP contribution in [0.4, 0.5) is 4.39 Å². The van der Waals surface area contributed by atoms with Gasteiger partial charge in [0, 0.05) is 0 Å². The number of benzene rings is 1. The lowest BCUT2D eigenvalue weighted by Crippen LogP contribution is -2.11. The molecule has 0 saturated carbocycles. The summed E-state index contributed by atoms with van der Waals surface area (Å²) in [5, 5.41) is 0. The van der Waals surface area contributed by atoms with E-state index < -0.39 is 0 Å². The molecule has 0 atom stereocenters. The molecule has 0 aromatic heterocycles. The molecular formula is C12H17FO2. The van der Waals surface area contributed by atoms with Crippen LogP contribution in [-0.2, 0) is 0 Å². The Balaban J connectivity index is 2.97. The molecule has 1 aromatic carbocycles. The molecule has 0 amide bonds. The van der Waals surface area contributed by atoms with Crippen LogP contribution in [0.2, 0.25) is 0 Å². The van der Waals surface area contributed by atoms with Crippen LogP contribution in [-0.4, -0.2) is 12.2 Å². The number of halogens is 1. The van der Waals surface area contributed by atoms with Crippen LogP contribution in [0.3, 0.4) is 0 Å². The van der Waals surface area contributed by atoms with Gasteiger partial charge in [0.15, 0.2) is 17.3 Å². The predicted molar refractivity (Wildman–Crippen MR) is 57.9 cm³/mol. The van der Waals surface area contributed by atoms with Crippen LogP contribution in [0.15, 0.2) is 18.2 Å². The van der Waals surface area contributed by atoms with Gasteiger partial charge >= 0.3 is 0 Å². The van der Waals surface area contributed by atoms with Crippen LogP contribution in [0.25, 0.3) is 0 Å². The van der Waals surface area contributed by atoms with Crippen molar-refractivity contribution in [3.8, 4) is 11.5 Å². The number of hydrogen-bond acceptors (Lipinski definition) is 2. The third-order valence-corrected chi connectivity index (χ3v) is 1.65. The van der Waals surface area contributed by atoms with Gasteiger partial charge in [-0.05, 0) is 39.8 Å². The molecule has 84 valence electrons. The first-order valence-electron chi connectivity index (χ1n) is 5.12. The Kier molecular flexibility index (Phi) is 3.95. The van der Waals surface area contributed by atoms with Crippen molar-refractivity contribution >= 4 is 0 Å². The molecule has 1 aromatic rings. The largest absolute Gasteiger partial charge is 0.487 e. The standard InChI is InChI=1S/C12H17FO2/c1-8(2)14-11-7-5-6-10(13)12(11)15-9(3)4/h5-9H,1-4H3. The molecule has 0 aliphatic carbocycles. The first-order valence-corrected chi connectivity index (χ1v) is 5.12. The van der Waals surface area contributed by atoms with Gasteiger partial charge in [0.2, 0.25) is 0 Å². The van der Waals surface area contributed by atoms with Gasteiger partial charge in [-0.1, -0.05) is 6.07 Å². The number of ether oxygens (including phenoxy) is 2. The van der Waals surface area contributed by atoms with Crippen molar-refractivity contribution in [3.05, 3.63) is 24.0 Å². The van der Waals surface area contributed by atoms with E-state index in [1.807, 2.05) is 27.7 Å². The third-order valence-electron chi connectivity index (χ3n) is 1.65. The van der Waals surface area contributed by atoms with Crippen LogP contribution in [0, 0.1) is 5.82 Å². The average molecular weight is 212 g/mol. The SMILES string of the molecule is CC(C)Oc1cccc(F)c1OC(C)C. The second-order valence-electron chi connectivity index (χ2n) is 3.90. The Morgan fingerprint density at radius 1 is 1.00 bits per heavy atom. The Hall–Kier alpha value is -1.25. The Morgan fingerprint density at radius 3 is 2.13 bits per heavy atom. The summed E-state index contributed by atoms with van der Waals surface area (Å²) in [7, 11) is 0. The van der Waals surface area contributed by atoms with Crippen LogP contribution in [0.5, 0.6) is 11.5 Å². The molecule has 0 aliphatic heterocycles. The maximum absolute atomic E-state index is 13.5. The van der Waals surface area contributed by atoms with Gasteiger partial charge < -0.3 is 9.47 Å². The second kappa shape index (κ2) is 5.01. The van der Waals surface area contributed by atoms with Gasteiger partial charge in [0.1, 0.15) is 0 Å². The number of hydrogen-bond donors (Lipinski definition) is 0. The van der Waals surface area contributed by atoms with E-state index in [9.17, 15) is 4.39 Å². The molecule has 2 nitrogen and oxygen atoms in total. The molecule has 1 rings (SSSR count). The van der Waals surface area contributed by atoms with Crippen LogP contribution in [0.1, 0.15) is 27.7 Å². The van der Waals surface area contributed by atoms with Crippen molar-refractivity contribution in [3.63, 3.8) is 0 Å². The summed E-state index contributed by atoms with van der Waals surface area (Å²) in [5.74, 6) is 0.266. The van der Waals surface area contributed by atoms with Crippen molar-refractivity contribution in [2.24, 2.45) is 0 Å². The highest BCUT2D eigenvalue weighted by atomic mass is 19.1. The molecule has 0 spiro atoms. The fraction of sp³-hybridized carbons (Fsp3) is 0.500. The first kappa shape index (κ1) is 11.8. The van der Waals surface area contributed by atoms with Crippen molar-refractivity contribution in [1.82, 2.24) is 0 Å². The molecule has 3 heteroatoms. The summed E-state index contributed by atoms with van der Waals surface area (Å²) in [6, 6.07) is 4.69. The van der Waals surface area contributed by atoms with Gasteiger partial charge in [-0.3, -0.25) is 0 Å². The maximum Gasteiger partial charge on any atom is 0.197 e. The van der Waals surface area contributed by atoms with E-state index in [1.165, 1.54) is 6.07 Å². The predicted octanol–water partition coefficient (Wildman–Crippen LogP) is 3.40. The molecule has 0 saturated heterocycles. The van der Waals surface area contributed by atoms with Crippen LogP contribution >= 0.6 is 0 Å². The van der Waals surface area contributed by atoms with E-state index in [4.69, 9.17) is 9.47 Å². The Labute approximate surface area is 90.0 Å². The molecule has 15 heavy (non-hydrogen) atoms. The molecule has 0 bridgehead atoms. The van der Waals surface area contributed by atoms with E-state index in [0.29, 0.717) is 5.75 Å². The lowest BCUT2D eigenvalue weighted by Gasteiger charge is -2.17. The lowest BCUT2D eigenvalue weighted by atomic mass is 10.3. The summed E-state index contributed by atoms with van der Waals surface area (Å²) in [6.07, 6.45) is -0.0716. The zero-order valence-electron chi connectivity index (χ0n) is 9.58. The minimum Gasteiger partial charge on any atom is -0.487 e. The van der Waals surface area contributed by atoms with Gasteiger partial charge in [0.05, 0.1) is 12.2 Å². The van der Waals surface area contributed by atoms with Crippen molar-refractivity contribution in [2.75, 3.05) is 0 Å². The van der Waals surface area contributed by atoms with Crippen molar-refractivity contribution in [1.29, 1.82) is 0 Å². The highest BCUT2D eigenvalue weighted by Gasteiger charge is 2.13. The van der Waals surface area contributed by atoms with Crippen LogP contribution < -0.4 is 9.47 Å². The summed E-state index contributed by atoms with van der Waals surface area (Å²) in [4.78, 5) is 0. The molecule has 0 aliphatic rings. The molecule has 0 unspecified atom stereocenters. The summed E-state index contributed by atoms with van der Waals surface area (Å²) < 4.78 is 24.3. The number of rotatable bonds is 4. The van der Waals surface area contributed by atoms with Crippen molar-refractivity contribution in [2.45, 2.75) is 39.9 Å².